The number of hydrogen-bond acceptors (Lipinski definition) is 2. The summed E-state index contributed by atoms with van der Waals surface area (Å²) < 4.78 is 1.20. The van der Waals surface area contributed by atoms with Crippen LogP contribution in [0.25, 0.3) is 0 Å². The molecule has 1 heterocycles. The van der Waals surface area contributed by atoms with E-state index in [0.717, 1.165) is 31.0 Å². The molecule has 1 aromatic carbocycles. The molecular weight excluding hydrogens is 354 g/mol. The molecule has 0 spiro atoms. The zero-order chi connectivity index (χ0) is 14.4. The number of rotatable bonds is 7. The third-order valence-electron chi connectivity index (χ3n) is 3.24. The molecule has 0 saturated heterocycles. The molecule has 0 aliphatic rings. The zero-order valence-electron chi connectivity index (χ0n) is 11.5. The number of thiophene rings is 1. The summed E-state index contributed by atoms with van der Waals surface area (Å²) in [4.78, 5) is 1.41. The minimum absolute atomic E-state index is 0.490. The monoisotopic (exact) mass is 371 g/mol. The van der Waals surface area contributed by atoms with E-state index >= 15 is 0 Å². The first-order valence-electron chi connectivity index (χ1n) is 6.89. The molecule has 0 aliphatic carbocycles. The number of benzene rings is 1. The van der Waals surface area contributed by atoms with Gasteiger partial charge in [0.1, 0.15) is 0 Å². The fraction of sp³-hybridized carbons (Fsp3) is 0.375. The van der Waals surface area contributed by atoms with Crippen LogP contribution in [0.4, 0.5) is 0 Å². The summed E-state index contributed by atoms with van der Waals surface area (Å²) >= 11 is 11.3. The summed E-state index contributed by atoms with van der Waals surface area (Å²) in [5.74, 6) is 0.490. The van der Waals surface area contributed by atoms with Gasteiger partial charge in [0, 0.05) is 22.4 Å². The maximum atomic E-state index is 5.99. The highest BCUT2D eigenvalue weighted by Crippen LogP contribution is 2.28. The Balaban J connectivity index is 2.09. The molecule has 0 radical (unpaired) electrons. The van der Waals surface area contributed by atoms with Gasteiger partial charge in [0.25, 0.3) is 0 Å². The molecule has 1 N–H and O–H groups in total. The summed E-state index contributed by atoms with van der Waals surface area (Å²) in [5.41, 5.74) is 1.35. The van der Waals surface area contributed by atoms with Gasteiger partial charge in [-0.1, -0.05) is 30.7 Å². The molecule has 20 heavy (non-hydrogen) atoms. The van der Waals surface area contributed by atoms with Gasteiger partial charge in [-0.05, 0) is 65.1 Å². The maximum Gasteiger partial charge on any atom is 0.0701 e. The zero-order valence-corrected chi connectivity index (χ0v) is 14.7. The summed E-state index contributed by atoms with van der Waals surface area (Å²) in [6.45, 7) is 4.27. The van der Waals surface area contributed by atoms with Gasteiger partial charge in [-0.3, -0.25) is 0 Å². The Labute approximate surface area is 138 Å². The summed E-state index contributed by atoms with van der Waals surface area (Å²) in [7, 11) is 0. The van der Waals surface area contributed by atoms with E-state index < -0.39 is 0 Å². The van der Waals surface area contributed by atoms with Gasteiger partial charge in [0.05, 0.1) is 3.79 Å². The highest BCUT2D eigenvalue weighted by molar-refractivity contribution is 9.11. The summed E-state index contributed by atoms with van der Waals surface area (Å²) in [6, 6.07) is 12.6. The molecule has 0 saturated carbocycles. The average Bonchev–Trinajstić information content (AvgIpc) is 2.84. The third-order valence-corrected chi connectivity index (χ3v) is 5.13. The first kappa shape index (κ1) is 16.0. The predicted molar refractivity (Wildman–Crippen MR) is 93.1 cm³/mol. The standard InChI is InChI=1S/C16H19BrClNS/c1-2-9-19-11-13(10-15-7-8-16(17)20-15)12-3-5-14(18)6-4-12/h3-8,13,19H,2,9-11H2,1H3. The molecule has 1 atom stereocenters. The molecule has 2 rings (SSSR count). The van der Waals surface area contributed by atoms with E-state index in [-0.39, 0.29) is 0 Å². The minimum Gasteiger partial charge on any atom is -0.316 e. The van der Waals surface area contributed by atoms with Gasteiger partial charge in [-0.15, -0.1) is 11.3 Å². The average molecular weight is 373 g/mol. The molecule has 1 aromatic heterocycles. The van der Waals surface area contributed by atoms with Gasteiger partial charge >= 0.3 is 0 Å². The van der Waals surface area contributed by atoms with Crippen molar-refractivity contribution in [2.75, 3.05) is 13.1 Å². The van der Waals surface area contributed by atoms with Gasteiger partial charge in [-0.25, -0.2) is 0 Å². The van der Waals surface area contributed by atoms with Crippen LogP contribution in [-0.4, -0.2) is 13.1 Å². The molecule has 4 heteroatoms. The van der Waals surface area contributed by atoms with Crippen LogP contribution in [0.5, 0.6) is 0 Å². The Hall–Kier alpha value is -0.350. The largest absolute Gasteiger partial charge is 0.316 e. The van der Waals surface area contributed by atoms with Crippen LogP contribution in [0, 0.1) is 0 Å². The first-order chi connectivity index (χ1) is 9.69. The number of hydrogen-bond donors (Lipinski definition) is 1. The molecule has 108 valence electrons. The smallest absolute Gasteiger partial charge is 0.0701 e. The fourth-order valence-corrected chi connectivity index (χ4v) is 3.89. The van der Waals surface area contributed by atoms with Crippen molar-refractivity contribution in [1.29, 1.82) is 0 Å². The predicted octanol–water partition coefficient (Wildman–Crippen LogP) is 5.49. The summed E-state index contributed by atoms with van der Waals surface area (Å²) in [6.07, 6.45) is 2.23. The van der Waals surface area contributed by atoms with Crippen molar-refractivity contribution in [1.82, 2.24) is 5.32 Å². The van der Waals surface area contributed by atoms with Gasteiger partial charge < -0.3 is 5.32 Å². The minimum atomic E-state index is 0.490. The number of halogens is 2. The van der Waals surface area contributed by atoms with Crippen LogP contribution in [0.1, 0.15) is 29.7 Å². The van der Waals surface area contributed by atoms with E-state index in [1.54, 1.807) is 0 Å². The lowest BCUT2D eigenvalue weighted by molar-refractivity contribution is 0.579. The molecule has 0 aliphatic heterocycles. The Morgan fingerprint density at radius 2 is 1.95 bits per heavy atom. The second kappa shape index (κ2) is 8.18. The molecule has 1 nitrogen and oxygen atoms in total. The second-order valence-electron chi connectivity index (χ2n) is 4.86. The van der Waals surface area contributed by atoms with Gasteiger partial charge in [0.2, 0.25) is 0 Å². The highest BCUT2D eigenvalue weighted by Gasteiger charge is 2.13. The van der Waals surface area contributed by atoms with Crippen molar-refractivity contribution in [2.45, 2.75) is 25.7 Å². The van der Waals surface area contributed by atoms with Gasteiger partial charge in [0.15, 0.2) is 0 Å². The maximum absolute atomic E-state index is 5.99. The molecular formula is C16H19BrClNS. The van der Waals surface area contributed by atoms with E-state index in [9.17, 15) is 0 Å². The van der Waals surface area contributed by atoms with Gasteiger partial charge in [-0.2, -0.15) is 0 Å². The van der Waals surface area contributed by atoms with Crippen LogP contribution in [0.3, 0.4) is 0 Å². The van der Waals surface area contributed by atoms with Crippen molar-refractivity contribution in [2.24, 2.45) is 0 Å². The van der Waals surface area contributed by atoms with Crippen molar-refractivity contribution in [3.8, 4) is 0 Å². The van der Waals surface area contributed by atoms with E-state index in [4.69, 9.17) is 11.6 Å². The Morgan fingerprint density at radius 1 is 1.20 bits per heavy atom. The van der Waals surface area contributed by atoms with Crippen LogP contribution < -0.4 is 5.32 Å². The fourth-order valence-electron chi connectivity index (χ4n) is 2.20. The lowest BCUT2D eigenvalue weighted by Gasteiger charge is -2.17. The van der Waals surface area contributed by atoms with Crippen molar-refractivity contribution >= 4 is 38.9 Å². The Kier molecular flexibility index (Phi) is 6.56. The number of nitrogens with one attached hydrogen (secondary N) is 1. The van der Waals surface area contributed by atoms with Crippen molar-refractivity contribution in [3.63, 3.8) is 0 Å². The van der Waals surface area contributed by atoms with Crippen LogP contribution in [0.15, 0.2) is 40.2 Å². The van der Waals surface area contributed by atoms with E-state index in [2.05, 4.69) is 52.4 Å². The Morgan fingerprint density at radius 3 is 2.55 bits per heavy atom. The van der Waals surface area contributed by atoms with E-state index in [0.29, 0.717) is 5.92 Å². The Bertz CT molecular complexity index is 524. The van der Waals surface area contributed by atoms with Crippen molar-refractivity contribution < 1.29 is 0 Å². The quantitative estimate of drug-likeness (QED) is 0.634. The molecule has 2 aromatic rings. The third kappa shape index (κ3) is 4.88. The topological polar surface area (TPSA) is 12.0 Å². The first-order valence-corrected chi connectivity index (χ1v) is 8.88. The molecule has 0 bridgehead atoms. The van der Waals surface area contributed by atoms with Crippen molar-refractivity contribution in [3.05, 3.63) is 55.6 Å². The lowest BCUT2D eigenvalue weighted by Crippen LogP contribution is -2.23. The summed E-state index contributed by atoms with van der Waals surface area (Å²) in [5, 5.41) is 4.33. The molecule has 1 unspecified atom stereocenters. The normalized spacial score (nSPS) is 12.6. The second-order valence-corrected chi connectivity index (χ2v) is 7.85. The van der Waals surface area contributed by atoms with Crippen LogP contribution in [0.2, 0.25) is 5.02 Å². The van der Waals surface area contributed by atoms with E-state index in [1.807, 2.05) is 23.5 Å². The van der Waals surface area contributed by atoms with Crippen LogP contribution in [-0.2, 0) is 6.42 Å². The molecule has 0 fully saturated rings. The van der Waals surface area contributed by atoms with Crippen LogP contribution >= 0.6 is 38.9 Å². The molecule has 0 amide bonds. The van der Waals surface area contributed by atoms with E-state index in [1.165, 1.54) is 14.2 Å². The highest BCUT2D eigenvalue weighted by atomic mass is 79.9. The SMILES string of the molecule is CCCNCC(Cc1ccc(Br)s1)c1ccc(Cl)cc1. The lowest BCUT2D eigenvalue weighted by atomic mass is 9.95.